The summed E-state index contributed by atoms with van der Waals surface area (Å²) in [6.07, 6.45) is 1.58. The lowest BCUT2D eigenvalue weighted by Gasteiger charge is -2.12. The number of nitrogens with one attached hydrogen (secondary N) is 1. The van der Waals surface area contributed by atoms with E-state index in [1.807, 2.05) is 0 Å². The van der Waals surface area contributed by atoms with Crippen LogP contribution >= 0.6 is 11.8 Å². The topological polar surface area (TPSA) is 86.6 Å². The Labute approximate surface area is 93.2 Å². The SMILES string of the molecule is CC(=O)N[C@@H](CSCCCCO)C(=O)O. The van der Waals surface area contributed by atoms with Gasteiger partial charge in [0.25, 0.3) is 0 Å². The van der Waals surface area contributed by atoms with E-state index in [1.165, 1.54) is 18.7 Å². The minimum atomic E-state index is -1.01. The van der Waals surface area contributed by atoms with Crippen LogP contribution in [0.1, 0.15) is 19.8 Å². The van der Waals surface area contributed by atoms with Gasteiger partial charge < -0.3 is 15.5 Å². The third-order valence-corrected chi connectivity index (χ3v) is 2.80. The average Bonchev–Trinajstić information content (AvgIpc) is 2.15. The fraction of sp³-hybridized carbons (Fsp3) is 0.778. The molecule has 3 N–H and O–H groups in total. The maximum Gasteiger partial charge on any atom is 0.327 e. The molecule has 0 fully saturated rings. The van der Waals surface area contributed by atoms with Crippen molar-refractivity contribution >= 4 is 23.6 Å². The third-order valence-electron chi connectivity index (χ3n) is 1.66. The Kier molecular flexibility index (Phi) is 8.12. The zero-order valence-electron chi connectivity index (χ0n) is 8.73. The van der Waals surface area contributed by atoms with Crippen molar-refractivity contribution in [3.63, 3.8) is 0 Å². The highest BCUT2D eigenvalue weighted by molar-refractivity contribution is 7.99. The third kappa shape index (κ3) is 8.26. The lowest BCUT2D eigenvalue weighted by Crippen LogP contribution is -2.41. The van der Waals surface area contributed by atoms with Gasteiger partial charge in [0, 0.05) is 19.3 Å². The fourth-order valence-corrected chi connectivity index (χ4v) is 1.97. The monoisotopic (exact) mass is 235 g/mol. The molecule has 0 aromatic carbocycles. The van der Waals surface area contributed by atoms with E-state index >= 15 is 0 Å². The largest absolute Gasteiger partial charge is 0.480 e. The van der Waals surface area contributed by atoms with Crippen molar-refractivity contribution in [2.45, 2.75) is 25.8 Å². The van der Waals surface area contributed by atoms with E-state index in [4.69, 9.17) is 10.2 Å². The standard InChI is InChI=1S/C9H17NO4S/c1-7(12)10-8(9(13)14)6-15-5-3-2-4-11/h8,11H,2-6H2,1H3,(H,10,12)(H,13,14)/t8-/m0/s1. The summed E-state index contributed by atoms with van der Waals surface area (Å²) in [6, 6.07) is -0.818. The molecule has 0 saturated heterocycles. The highest BCUT2D eigenvalue weighted by Crippen LogP contribution is 2.06. The van der Waals surface area contributed by atoms with Crippen LogP contribution in [-0.4, -0.2) is 46.2 Å². The lowest BCUT2D eigenvalue weighted by molar-refractivity contribution is -0.140. The maximum atomic E-state index is 10.7. The van der Waals surface area contributed by atoms with Crippen molar-refractivity contribution in [2.75, 3.05) is 18.1 Å². The highest BCUT2D eigenvalue weighted by Gasteiger charge is 2.17. The predicted molar refractivity (Wildman–Crippen MR) is 58.9 cm³/mol. The first kappa shape index (κ1) is 14.2. The number of aliphatic hydroxyl groups is 1. The first-order valence-electron chi connectivity index (χ1n) is 4.76. The van der Waals surface area contributed by atoms with Gasteiger partial charge >= 0.3 is 5.97 Å². The van der Waals surface area contributed by atoms with Crippen LogP contribution in [0.15, 0.2) is 0 Å². The minimum Gasteiger partial charge on any atom is -0.480 e. The molecule has 0 aromatic heterocycles. The maximum absolute atomic E-state index is 10.7. The second-order valence-electron chi connectivity index (χ2n) is 3.10. The molecule has 15 heavy (non-hydrogen) atoms. The Morgan fingerprint density at radius 3 is 2.53 bits per heavy atom. The number of rotatable bonds is 8. The van der Waals surface area contributed by atoms with E-state index in [0.717, 1.165) is 18.6 Å². The quantitative estimate of drug-likeness (QED) is 0.519. The van der Waals surface area contributed by atoms with E-state index in [0.29, 0.717) is 5.75 Å². The molecule has 0 saturated carbocycles. The molecular weight excluding hydrogens is 218 g/mol. The number of unbranched alkanes of at least 4 members (excludes halogenated alkanes) is 1. The van der Waals surface area contributed by atoms with Gasteiger partial charge in [-0.1, -0.05) is 0 Å². The second-order valence-corrected chi connectivity index (χ2v) is 4.25. The molecule has 0 aromatic rings. The normalized spacial score (nSPS) is 12.1. The Balaban J connectivity index is 3.67. The van der Waals surface area contributed by atoms with Crippen molar-refractivity contribution in [1.29, 1.82) is 0 Å². The molecular formula is C9H17NO4S. The zero-order chi connectivity index (χ0) is 11.7. The Morgan fingerprint density at radius 2 is 2.07 bits per heavy atom. The van der Waals surface area contributed by atoms with Gasteiger partial charge in [-0.3, -0.25) is 4.79 Å². The molecule has 0 rings (SSSR count). The first-order valence-corrected chi connectivity index (χ1v) is 5.92. The number of carboxylic acid groups (broad SMARTS) is 1. The summed E-state index contributed by atoms with van der Waals surface area (Å²) in [6.45, 7) is 1.46. The summed E-state index contributed by atoms with van der Waals surface area (Å²) < 4.78 is 0. The zero-order valence-corrected chi connectivity index (χ0v) is 9.55. The molecule has 5 nitrogen and oxygen atoms in total. The number of aliphatic hydroxyl groups excluding tert-OH is 1. The summed E-state index contributed by atoms with van der Waals surface area (Å²) in [5.41, 5.74) is 0. The van der Waals surface area contributed by atoms with Crippen molar-refractivity contribution in [2.24, 2.45) is 0 Å². The molecule has 0 unspecified atom stereocenters. The van der Waals surface area contributed by atoms with Gasteiger partial charge in [-0.15, -0.1) is 0 Å². The fourth-order valence-electron chi connectivity index (χ4n) is 0.937. The van der Waals surface area contributed by atoms with Crippen LogP contribution in [0.5, 0.6) is 0 Å². The molecule has 0 spiro atoms. The van der Waals surface area contributed by atoms with Crippen molar-refractivity contribution < 1.29 is 19.8 Å². The van der Waals surface area contributed by atoms with E-state index in [1.54, 1.807) is 0 Å². The molecule has 1 atom stereocenters. The number of thioether (sulfide) groups is 1. The van der Waals surface area contributed by atoms with Crippen LogP contribution in [0, 0.1) is 0 Å². The smallest absolute Gasteiger partial charge is 0.327 e. The van der Waals surface area contributed by atoms with Gasteiger partial charge in [0.2, 0.25) is 5.91 Å². The van der Waals surface area contributed by atoms with Crippen LogP contribution in [0.4, 0.5) is 0 Å². The lowest BCUT2D eigenvalue weighted by atomic mass is 10.3. The van der Waals surface area contributed by atoms with Gasteiger partial charge in [0.05, 0.1) is 0 Å². The van der Waals surface area contributed by atoms with Crippen LogP contribution in [-0.2, 0) is 9.59 Å². The van der Waals surface area contributed by atoms with Crippen molar-refractivity contribution in [1.82, 2.24) is 5.32 Å². The van der Waals surface area contributed by atoms with Crippen LogP contribution in [0.3, 0.4) is 0 Å². The number of carbonyl (C=O) groups is 2. The molecule has 0 bridgehead atoms. The highest BCUT2D eigenvalue weighted by atomic mass is 32.2. The van der Waals surface area contributed by atoms with Crippen LogP contribution < -0.4 is 5.32 Å². The summed E-state index contributed by atoms with van der Waals surface area (Å²) >= 11 is 1.46. The van der Waals surface area contributed by atoms with Crippen LogP contribution in [0.25, 0.3) is 0 Å². The summed E-state index contributed by atoms with van der Waals surface area (Å²) in [5, 5.41) is 19.6. The number of carboxylic acids is 1. The molecule has 0 aliphatic rings. The summed E-state index contributed by atoms with van der Waals surface area (Å²) in [5.74, 6) is -0.192. The molecule has 0 radical (unpaired) electrons. The van der Waals surface area contributed by atoms with Gasteiger partial charge in [-0.25, -0.2) is 4.79 Å². The number of hydrogen-bond acceptors (Lipinski definition) is 4. The van der Waals surface area contributed by atoms with Gasteiger partial charge in [0.1, 0.15) is 6.04 Å². The minimum absolute atomic E-state index is 0.161. The van der Waals surface area contributed by atoms with Crippen LogP contribution in [0.2, 0.25) is 0 Å². The second kappa shape index (κ2) is 8.55. The number of carbonyl (C=O) groups excluding carboxylic acids is 1. The molecule has 0 heterocycles. The number of aliphatic carboxylic acids is 1. The average molecular weight is 235 g/mol. The summed E-state index contributed by atoms with van der Waals surface area (Å²) in [4.78, 5) is 21.4. The molecule has 1 amide bonds. The molecule has 0 aliphatic carbocycles. The first-order chi connectivity index (χ1) is 7.07. The number of hydrogen-bond donors (Lipinski definition) is 3. The Hall–Kier alpha value is -0.750. The Morgan fingerprint density at radius 1 is 1.40 bits per heavy atom. The van der Waals surface area contributed by atoms with Crippen molar-refractivity contribution in [3.05, 3.63) is 0 Å². The van der Waals surface area contributed by atoms with E-state index < -0.39 is 12.0 Å². The summed E-state index contributed by atoms with van der Waals surface area (Å²) in [7, 11) is 0. The van der Waals surface area contributed by atoms with Gasteiger partial charge in [0.15, 0.2) is 0 Å². The van der Waals surface area contributed by atoms with E-state index in [-0.39, 0.29) is 12.5 Å². The van der Waals surface area contributed by atoms with Gasteiger partial charge in [-0.05, 0) is 18.6 Å². The predicted octanol–water partition coefficient (Wildman–Crippen LogP) is 0.0814. The Bertz CT molecular complexity index is 210. The van der Waals surface area contributed by atoms with E-state index in [2.05, 4.69) is 5.32 Å². The number of amides is 1. The van der Waals surface area contributed by atoms with Crippen molar-refractivity contribution in [3.8, 4) is 0 Å². The van der Waals surface area contributed by atoms with Gasteiger partial charge in [-0.2, -0.15) is 11.8 Å². The van der Waals surface area contributed by atoms with E-state index in [9.17, 15) is 9.59 Å². The molecule has 0 aliphatic heterocycles. The molecule has 6 heteroatoms. The molecule has 88 valence electrons.